The number of aromatic nitrogens is 4. The van der Waals surface area contributed by atoms with Crippen LogP contribution < -0.4 is 10.6 Å². The molecule has 0 fully saturated rings. The molecule has 2 heterocycles. The molecular weight excluding hydrogens is 336 g/mol. The molecule has 0 saturated carbocycles. The van der Waals surface area contributed by atoms with E-state index >= 15 is 0 Å². The third kappa shape index (κ3) is 3.57. The van der Waals surface area contributed by atoms with Crippen LogP contribution in [0.2, 0.25) is 0 Å². The summed E-state index contributed by atoms with van der Waals surface area (Å²) in [5.74, 6) is 1.04. The van der Waals surface area contributed by atoms with Crippen molar-refractivity contribution < 1.29 is 4.79 Å². The molecular formula is C13H17BrN6O. The van der Waals surface area contributed by atoms with Gasteiger partial charge in [0.05, 0.1) is 11.6 Å². The first-order valence-electron chi connectivity index (χ1n) is 6.57. The molecule has 1 amide bonds. The Bertz CT molecular complexity index is 641. The van der Waals surface area contributed by atoms with Gasteiger partial charge in [0.15, 0.2) is 5.82 Å². The molecule has 112 valence electrons. The van der Waals surface area contributed by atoms with Gasteiger partial charge in [-0.25, -0.2) is 4.98 Å². The summed E-state index contributed by atoms with van der Waals surface area (Å²) >= 11 is 3.34. The Hall–Kier alpha value is -1.96. The van der Waals surface area contributed by atoms with E-state index in [1.165, 1.54) is 0 Å². The fourth-order valence-corrected chi connectivity index (χ4v) is 2.28. The standard InChI is InChI=1S/C13H17BrN6O/c1-4-15-11-10(5-9(14)6-16-11)13(21)18-8(2)12-19-17-7-20(12)3/h5-8H,4H2,1-3H3,(H,15,16)(H,18,21). The number of carbonyl (C=O) groups excluding carboxylic acids is 1. The lowest BCUT2D eigenvalue weighted by atomic mass is 10.2. The highest BCUT2D eigenvalue weighted by atomic mass is 79.9. The van der Waals surface area contributed by atoms with E-state index in [1.807, 2.05) is 20.9 Å². The SMILES string of the molecule is CCNc1ncc(Br)cc1C(=O)NC(C)c1nncn1C. The number of amides is 1. The summed E-state index contributed by atoms with van der Waals surface area (Å²) in [4.78, 5) is 16.7. The minimum atomic E-state index is -0.251. The largest absolute Gasteiger partial charge is 0.370 e. The van der Waals surface area contributed by atoms with Crippen molar-refractivity contribution in [2.75, 3.05) is 11.9 Å². The number of nitrogens with zero attached hydrogens (tertiary/aromatic N) is 4. The molecule has 0 saturated heterocycles. The van der Waals surface area contributed by atoms with Crippen LogP contribution in [0.1, 0.15) is 36.1 Å². The third-order valence-corrected chi connectivity index (χ3v) is 3.36. The minimum Gasteiger partial charge on any atom is -0.370 e. The normalized spacial score (nSPS) is 12.0. The first-order chi connectivity index (χ1) is 10.0. The van der Waals surface area contributed by atoms with Gasteiger partial charge in [0.2, 0.25) is 0 Å². The molecule has 0 aliphatic carbocycles. The average molecular weight is 353 g/mol. The molecule has 0 spiro atoms. The summed E-state index contributed by atoms with van der Waals surface area (Å²) in [5, 5.41) is 13.8. The van der Waals surface area contributed by atoms with Gasteiger partial charge in [-0.15, -0.1) is 10.2 Å². The molecule has 0 bridgehead atoms. The average Bonchev–Trinajstić information content (AvgIpc) is 2.87. The van der Waals surface area contributed by atoms with Gasteiger partial charge in [-0.3, -0.25) is 4.79 Å². The molecule has 1 unspecified atom stereocenters. The van der Waals surface area contributed by atoms with Gasteiger partial charge in [-0.05, 0) is 35.8 Å². The van der Waals surface area contributed by atoms with Crippen molar-refractivity contribution >= 4 is 27.7 Å². The van der Waals surface area contributed by atoms with Crippen molar-refractivity contribution in [1.82, 2.24) is 25.1 Å². The Labute approximate surface area is 131 Å². The Morgan fingerprint density at radius 1 is 1.52 bits per heavy atom. The van der Waals surface area contributed by atoms with E-state index in [-0.39, 0.29) is 11.9 Å². The Morgan fingerprint density at radius 3 is 2.90 bits per heavy atom. The van der Waals surface area contributed by atoms with Gasteiger partial charge in [0.1, 0.15) is 12.1 Å². The number of nitrogens with one attached hydrogen (secondary N) is 2. The van der Waals surface area contributed by atoms with Crippen LogP contribution in [0.15, 0.2) is 23.1 Å². The van der Waals surface area contributed by atoms with Gasteiger partial charge < -0.3 is 15.2 Å². The number of carbonyl (C=O) groups is 1. The summed E-state index contributed by atoms with van der Waals surface area (Å²) in [6, 6.07) is 1.49. The first-order valence-corrected chi connectivity index (χ1v) is 7.36. The fraction of sp³-hybridized carbons (Fsp3) is 0.385. The van der Waals surface area contributed by atoms with Gasteiger partial charge >= 0.3 is 0 Å². The fourth-order valence-electron chi connectivity index (χ4n) is 1.94. The molecule has 8 heteroatoms. The van der Waals surface area contributed by atoms with Crippen molar-refractivity contribution in [1.29, 1.82) is 0 Å². The molecule has 2 aromatic heterocycles. The van der Waals surface area contributed by atoms with Crippen LogP contribution in [0.4, 0.5) is 5.82 Å². The predicted octanol–water partition coefficient (Wildman–Crippen LogP) is 1.90. The third-order valence-electron chi connectivity index (χ3n) is 2.92. The van der Waals surface area contributed by atoms with Crippen molar-refractivity contribution in [3.05, 3.63) is 34.5 Å². The van der Waals surface area contributed by atoms with Gasteiger partial charge in [-0.2, -0.15) is 0 Å². The highest BCUT2D eigenvalue weighted by Crippen LogP contribution is 2.19. The molecule has 7 nitrogen and oxygen atoms in total. The molecule has 2 rings (SSSR count). The predicted molar refractivity (Wildman–Crippen MR) is 83.0 cm³/mol. The van der Waals surface area contributed by atoms with E-state index < -0.39 is 0 Å². The highest BCUT2D eigenvalue weighted by Gasteiger charge is 2.18. The van der Waals surface area contributed by atoms with Gasteiger partial charge in [0, 0.05) is 24.3 Å². The van der Waals surface area contributed by atoms with Crippen molar-refractivity contribution in [2.24, 2.45) is 7.05 Å². The number of rotatable bonds is 5. The Balaban J connectivity index is 2.20. The van der Waals surface area contributed by atoms with Crippen molar-refractivity contribution in [3.63, 3.8) is 0 Å². The van der Waals surface area contributed by atoms with Crippen LogP contribution in [0.25, 0.3) is 0 Å². The zero-order chi connectivity index (χ0) is 15.4. The summed E-state index contributed by atoms with van der Waals surface area (Å²) in [7, 11) is 1.84. The smallest absolute Gasteiger partial charge is 0.255 e. The van der Waals surface area contributed by atoms with E-state index in [1.54, 1.807) is 23.2 Å². The summed E-state index contributed by atoms with van der Waals surface area (Å²) in [6.07, 6.45) is 3.25. The quantitative estimate of drug-likeness (QED) is 0.858. The second-order valence-corrected chi connectivity index (χ2v) is 5.49. The molecule has 1 atom stereocenters. The van der Waals surface area contributed by atoms with Crippen LogP contribution in [0.5, 0.6) is 0 Å². The number of anilines is 1. The summed E-state index contributed by atoms with van der Waals surface area (Å²) in [5.41, 5.74) is 0.486. The second-order valence-electron chi connectivity index (χ2n) is 4.58. The highest BCUT2D eigenvalue weighted by molar-refractivity contribution is 9.10. The zero-order valence-electron chi connectivity index (χ0n) is 12.1. The maximum atomic E-state index is 12.4. The second kappa shape index (κ2) is 6.66. The topological polar surface area (TPSA) is 84.7 Å². The molecule has 0 aliphatic rings. The van der Waals surface area contributed by atoms with Gasteiger partial charge in [0.25, 0.3) is 5.91 Å². The van der Waals surface area contributed by atoms with Gasteiger partial charge in [-0.1, -0.05) is 0 Å². The lowest BCUT2D eigenvalue weighted by molar-refractivity contribution is 0.0938. The van der Waals surface area contributed by atoms with Crippen LogP contribution in [0, 0.1) is 0 Å². The number of pyridine rings is 1. The zero-order valence-corrected chi connectivity index (χ0v) is 13.7. The van der Waals surface area contributed by atoms with Crippen LogP contribution in [-0.2, 0) is 7.05 Å². The number of aryl methyl sites for hydroxylation is 1. The van der Waals surface area contributed by atoms with E-state index in [4.69, 9.17) is 0 Å². The Kier molecular flexibility index (Phi) is 4.89. The van der Waals surface area contributed by atoms with E-state index in [2.05, 4.69) is 41.7 Å². The molecule has 2 N–H and O–H groups in total. The lowest BCUT2D eigenvalue weighted by Crippen LogP contribution is -2.29. The monoisotopic (exact) mass is 352 g/mol. The Morgan fingerprint density at radius 2 is 2.29 bits per heavy atom. The molecule has 0 aliphatic heterocycles. The van der Waals surface area contributed by atoms with Crippen LogP contribution in [0.3, 0.4) is 0 Å². The number of halogens is 1. The lowest BCUT2D eigenvalue weighted by Gasteiger charge is -2.15. The summed E-state index contributed by atoms with van der Waals surface area (Å²) < 4.78 is 2.52. The molecule has 0 aromatic carbocycles. The van der Waals surface area contributed by atoms with E-state index in [9.17, 15) is 4.79 Å². The van der Waals surface area contributed by atoms with Crippen molar-refractivity contribution in [2.45, 2.75) is 19.9 Å². The molecule has 21 heavy (non-hydrogen) atoms. The van der Waals surface area contributed by atoms with Crippen LogP contribution in [-0.4, -0.2) is 32.2 Å². The van der Waals surface area contributed by atoms with E-state index in [0.717, 1.165) is 4.47 Å². The maximum Gasteiger partial charge on any atom is 0.255 e. The number of hydrogen-bond acceptors (Lipinski definition) is 5. The molecule has 2 aromatic rings. The summed E-state index contributed by atoms with van der Waals surface area (Å²) in [6.45, 7) is 4.50. The first kappa shape index (κ1) is 15.4. The van der Waals surface area contributed by atoms with Crippen molar-refractivity contribution in [3.8, 4) is 0 Å². The number of hydrogen-bond donors (Lipinski definition) is 2. The molecule has 0 radical (unpaired) electrons. The van der Waals surface area contributed by atoms with E-state index in [0.29, 0.717) is 23.8 Å². The van der Waals surface area contributed by atoms with Crippen LogP contribution >= 0.6 is 15.9 Å². The maximum absolute atomic E-state index is 12.4. The minimum absolute atomic E-state index is 0.213.